The predicted octanol–water partition coefficient (Wildman–Crippen LogP) is 2.96. The van der Waals surface area contributed by atoms with Crippen LogP contribution in [0.15, 0.2) is 24.4 Å². The van der Waals surface area contributed by atoms with Gasteiger partial charge in [0.05, 0.1) is 5.56 Å². The molecule has 3 rings (SSSR count). The van der Waals surface area contributed by atoms with Crippen molar-refractivity contribution in [2.45, 2.75) is 20.0 Å². The van der Waals surface area contributed by atoms with Gasteiger partial charge in [0.2, 0.25) is 5.95 Å². The zero-order valence-electron chi connectivity index (χ0n) is 14.7. The number of piperazine rings is 1. The van der Waals surface area contributed by atoms with E-state index in [4.69, 9.17) is 0 Å². The molecule has 0 saturated carbocycles. The topological polar surface area (TPSA) is 57.2 Å². The highest BCUT2D eigenvalue weighted by atomic mass is 19.4. The van der Waals surface area contributed by atoms with Crippen molar-refractivity contribution in [3.8, 4) is 0 Å². The van der Waals surface area contributed by atoms with Gasteiger partial charge < -0.3 is 15.1 Å². The molecule has 0 amide bonds. The Morgan fingerprint density at radius 2 is 1.69 bits per heavy atom. The zero-order chi connectivity index (χ0) is 18.7. The molecule has 1 saturated heterocycles. The number of hydrogen-bond donors (Lipinski definition) is 1. The quantitative estimate of drug-likeness (QED) is 0.898. The Labute approximate surface area is 150 Å². The molecule has 1 aliphatic rings. The summed E-state index contributed by atoms with van der Waals surface area (Å²) >= 11 is 0. The van der Waals surface area contributed by atoms with E-state index in [1.165, 1.54) is 6.07 Å². The van der Waals surface area contributed by atoms with Gasteiger partial charge in [-0.15, -0.1) is 0 Å². The number of pyridine rings is 1. The van der Waals surface area contributed by atoms with E-state index in [-0.39, 0.29) is 0 Å². The normalized spacial score (nSPS) is 15.3. The highest BCUT2D eigenvalue weighted by Gasteiger charge is 2.31. The molecule has 1 fully saturated rings. The zero-order valence-corrected chi connectivity index (χ0v) is 14.7. The maximum atomic E-state index is 12.6. The summed E-state index contributed by atoms with van der Waals surface area (Å²) in [6.45, 7) is 7.41. The Morgan fingerprint density at radius 1 is 1.04 bits per heavy atom. The third-order valence-corrected chi connectivity index (χ3v) is 4.18. The van der Waals surface area contributed by atoms with E-state index in [2.05, 4.69) is 25.2 Å². The van der Waals surface area contributed by atoms with Crippen LogP contribution in [0.3, 0.4) is 0 Å². The van der Waals surface area contributed by atoms with Gasteiger partial charge in [0.25, 0.3) is 0 Å². The molecule has 0 aliphatic carbocycles. The summed E-state index contributed by atoms with van der Waals surface area (Å²) in [6, 6.07) is 4.44. The third-order valence-electron chi connectivity index (χ3n) is 4.18. The first-order chi connectivity index (χ1) is 12.4. The summed E-state index contributed by atoms with van der Waals surface area (Å²) in [6.07, 6.45) is -3.47. The summed E-state index contributed by atoms with van der Waals surface area (Å²) in [5.74, 6) is 2.02. The molecule has 0 atom stereocenters. The molecule has 1 aliphatic heterocycles. The summed E-state index contributed by atoms with van der Waals surface area (Å²) in [5, 5.41) is 3.12. The number of hydrogen-bond acceptors (Lipinski definition) is 6. The Hall–Kier alpha value is -2.58. The summed E-state index contributed by atoms with van der Waals surface area (Å²) in [5.41, 5.74) is 0.157. The number of aryl methyl sites for hydroxylation is 1. The lowest BCUT2D eigenvalue weighted by atomic mass is 10.2. The van der Waals surface area contributed by atoms with Crippen LogP contribution in [0.4, 0.5) is 30.8 Å². The molecule has 0 unspecified atom stereocenters. The van der Waals surface area contributed by atoms with Gasteiger partial charge in [-0.05, 0) is 26.0 Å². The highest BCUT2D eigenvalue weighted by molar-refractivity contribution is 5.48. The van der Waals surface area contributed by atoms with E-state index < -0.39 is 11.7 Å². The molecule has 0 spiro atoms. The number of nitrogens with zero attached hydrogens (tertiary/aromatic N) is 5. The molecule has 2 aromatic heterocycles. The van der Waals surface area contributed by atoms with Gasteiger partial charge in [-0.3, -0.25) is 0 Å². The lowest BCUT2D eigenvalue weighted by Gasteiger charge is -2.36. The van der Waals surface area contributed by atoms with E-state index in [0.29, 0.717) is 37.9 Å². The fourth-order valence-corrected chi connectivity index (χ4v) is 2.86. The van der Waals surface area contributed by atoms with Gasteiger partial charge in [0.1, 0.15) is 11.6 Å². The molecule has 26 heavy (non-hydrogen) atoms. The van der Waals surface area contributed by atoms with Crippen molar-refractivity contribution in [3.05, 3.63) is 35.7 Å². The van der Waals surface area contributed by atoms with Gasteiger partial charge in [-0.2, -0.15) is 18.2 Å². The first kappa shape index (κ1) is 18.2. The van der Waals surface area contributed by atoms with E-state index >= 15 is 0 Å². The first-order valence-electron chi connectivity index (χ1n) is 8.49. The Kier molecular flexibility index (Phi) is 5.15. The minimum absolute atomic E-state index is 0.560. The Balaban J connectivity index is 1.66. The molecule has 0 aromatic carbocycles. The first-order valence-corrected chi connectivity index (χ1v) is 8.49. The molecular formula is C17H21F3N6. The third kappa shape index (κ3) is 4.14. The van der Waals surface area contributed by atoms with Crippen LogP contribution in [0.1, 0.15) is 18.2 Å². The fourth-order valence-electron chi connectivity index (χ4n) is 2.86. The summed E-state index contributed by atoms with van der Waals surface area (Å²) in [4.78, 5) is 17.0. The molecule has 140 valence electrons. The number of nitrogens with one attached hydrogen (secondary N) is 1. The van der Waals surface area contributed by atoms with Crippen LogP contribution in [0.2, 0.25) is 0 Å². The van der Waals surface area contributed by atoms with Crippen LogP contribution >= 0.6 is 0 Å². The van der Waals surface area contributed by atoms with Gasteiger partial charge in [-0.25, -0.2) is 9.97 Å². The second-order valence-electron chi connectivity index (χ2n) is 6.10. The van der Waals surface area contributed by atoms with Gasteiger partial charge in [-0.1, -0.05) is 0 Å². The van der Waals surface area contributed by atoms with Crippen molar-refractivity contribution in [1.82, 2.24) is 15.0 Å². The maximum absolute atomic E-state index is 12.6. The Bertz CT molecular complexity index is 739. The fraction of sp³-hybridized carbons (Fsp3) is 0.471. The van der Waals surface area contributed by atoms with Crippen LogP contribution in [-0.4, -0.2) is 47.7 Å². The van der Waals surface area contributed by atoms with Gasteiger partial charge in [0, 0.05) is 50.7 Å². The van der Waals surface area contributed by atoms with Crippen molar-refractivity contribution in [2.75, 3.05) is 47.8 Å². The number of halogens is 3. The van der Waals surface area contributed by atoms with Crippen molar-refractivity contribution in [3.63, 3.8) is 0 Å². The van der Waals surface area contributed by atoms with E-state index in [1.54, 1.807) is 0 Å². The van der Waals surface area contributed by atoms with Crippen LogP contribution < -0.4 is 15.1 Å². The average Bonchev–Trinajstić information content (AvgIpc) is 2.61. The van der Waals surface area contributed by atoms with Crippen molar-refractivity contribution in [2.24, 2.45) is 0 Å². The molecule has 1 N–H and O–H groups in total. The minimum atomic E-state index is -4.36. The lowest BCUT2D eigenvalue weighted by Crippen LogP contribution is -2.47. The number of anilines is 3. The maximum Gasteiger partial charge on any atom is 0.417 e. The molecule has 6 nitrogen and oxygen atoms in total. The van der Waals surface area contributed by atoms with Crippen molar-refractivity contribution >= 4 is 17.6 Å². The number of aromatic nitrogens is 3. The van der Waals surface area contributed by atoms with Crippen molar-refractivity contribution < 1.29 is 13.2 Å². The van der Waals surface area contributed by atoms with Crippen LogP contribution in [0, 0.1) is 6.92 Å². The predicted molar refractivity (Wildman–Crippen MR) is 94.6 cm³/mol. The number of rotatable bonds is 4. The highest BCUT2D eigenvalue weighted by Crippen LogP contribution is 2.29. The second kappa shape index (κ2) is 7.35. The van der Waals surface area contributed by atoms with Crippen LogP contribution in [-0.2, 0) is 6.18 Å². The van der Waals surface area contributed by atoms with E-state index in [9.17, 15) is 13.2 Å². The molecule has 0 radical (unpaired) electrons. The van der Waals surface area contributed by atoms with Crippen LogP contribution in [0.25, 0.3) is 0 Å². The van der Waals surface area contributed by atoms with Gasteiger partial charge in [0.15, 0.2) is 0 Å². The monoisotopic (exact) mass is 366 g/mol. The minimum Gasteiger partial charge on any atom is -0.354 e. The van der Waals surface area contributed by atoms with Crippen LogP contribution in [0.5, 0.6) is 0 Å². The molecule has 3 heterocycles. The number of alkyl halides is 3. The Morgan fingerprint density at radius 3 is 2.23 bits per heavy atom. The summed E-state index contributed by atoms with van der Waals surface area (Å²) < 4.78 is 37.9. The largest absolute Gasteiger partial charge is 0.417 e. The molecule has 9 heteroatoms. The van der Waals surface area contributed by atoms with Gasteiger partial charge >= 0.3 is 6.18 Å². The van der Waals surface area contributed by atoms with Crippen molar-refractivity contribution in [1.29, 1.82) is 0 Å². The smallest absolute Gasteiger partial charge is 0.354 e. The molecule has 0 bridgehead atoms. The summed E-state index contributed by atoms with van der Waals surface area (Å²) in [7, 11) is 0. The lowest BCUT2D eigenvalue weighted by molar-refractivity contribution is -0.137. The average molecular weight is 366 g/mol. The second-order valence-corrected chi connectivity index (χ2v) is 6.10. The molecule has 2 aromatic rings. The molecular weight excluding hydrogens is 345 g/mol. The van der Waals surface area contributed by atoms with E-state index in [0.717, 1.165) is 30.3 Å². The standard InChI is InChI=1S/C17H21F3N6/c1-3-21-16-23-12(2)10-15(24-16)26-8-6-25(7-9-26)14-5-4-13(11-22-14)17(18,19)20/h4-5,10-11H,3,6-9H2,1-2H3,(H,21,23,24). The van der Waals surface area contributed by atoms with E-state index in [1.807, 2.05) is 24.8 Å². The SMILES string of the molecule is CCNc1nc(C)cc(N2CCN(c3ccc(C(F)(F)F)cn3)CC2)n1.